The molecule has 20 heavy (non-hydrogen) atoms. The van der Waals surface area contributed by atoms with Crippen molar-refractivity contribution in [2.75, 3.05) is 0 Å². The molecule has 0 atom stereocenters. The van der Waals surface area contributed by atoms with Crippen LogP contribution in [0.4, 0.5) is 0 Å². The molecule has 0 radical (unpaired) electrons. The summed E-state index contributed by atoms with van der Waals surface area (Å²) in [6, 6.07) is 15.5. The number of hydrogen-bond donors (Lipinski definition) is 1. The van der Waals surface area contributed by atoms with Gasteiger partial charge in [-0.2, -0.15) is 0 Å². The molecule has 3 nitrogen and oxygen atoms in total. The number of carbonyl (C=O) groups is 1. The Morgan fingerprint density at radius 1 is 1.20 bits per heavy atom. The van der Waals surface area contributed by atoms with Gasteiger partial charge in [0.2, 0.25) is 0 Å². The molecule has 100 valence electrons. The first-order chi connectivity index (χ1) is 9.72. The van der Waals surface area contributed by atoms with Crippen molar-refractivity contribution in [2.24, 2.45) is 0 Å². The minimum atomic E-state index is -0.0539. The smallest absolute Gasteiger partial charge is 0.251 e. The van der Waals surface area contributed by atoms with Gasteiger partial charge in [0.15, 0.2) is 0 Å². The average molecular weight is 282 g/mol. The molecule has 0 unspecified atom stereocenters. The van der Waals surface area contributed by atoms with Gasteiger partial charge in [-0.15, -0.1) is 11.3 Å². The third kappa shape index (κ3) is 2.70. The summed E-state index contributed by atoms with van der Waals surface area (Å²) in [4.78, 5) is 16.5. The van der Waals surface area contributed by atoms with Crippen LogP contribution in [-0.4, -0.2) is 10.9 Å². The van der Waals surface area contributed by atoms with E-state index in [2.05, 4.69) is 10.3 Å². The van der Waals surface area contributed by atoms with Crippen LogP contribution in [0, 0.1) is 6.92 Å². The highest BCUT2D eigenvalue weighted by Crippen LogP contribution is 2.22. The number of fused-ring (bicyclic) bond motifs is 1. The van der Waals surface area contributed by atoms with E-state index in [9.17, 15) is 4.79 Å². The normalized spacial score (nSPS) is 10.7. The van der Waals surface area contributed by atoms with Gasteiger partial charge in [0, 0.05) is 12.1 Å². The second-order valence-corrected chi connectivity index (χ2v) is 5.82. The van der Waals surface area contributed by atoms with Gasteiger partial charge < -0.3 is 5.32 Å². The zero-order valence-electron chi connectivity index (χ0n) is 11.1. The van der Waals surface area contributed by atoms with Gasteiger partial charge in [0.1, 0.15) is 0 Å². The maximum absolute atomic E-state index is 12.1. The van der Waals surface area contributed by atoms with Crippen LogP contribution in [0.3, 0.4) is 0 Å². The maximum Gasteiger partial charge on any atom is 0.251 e. The lowest BCUT2D eigenvalue weighted by Gasteiger charge is -2.05. The first kappa shape index (κ1) is 12.8. The number of amides is 1. The summed E-state index contributed by atoms with van der Waals surface area (Å²) in [6.07, 6.45) is 0. The summed E-state index contributed by atoms with van der Waals surface area (Å²) in [6.45, 7) is 2.51. The summed E-state index contributed by atoms with van der Waals surface area (Å²) in [7, 11) is 0. The van der Waals surface area contributed by atoms with Crippen LogP contribution in [0.15, 0.2) is 48.5 Å². The Hall–Kier alpha value is -2.20. The van der Waals surface area contributed by atoms with Gasteiger partial charge in [-0.25, -0.2) is 4.98 Å². The van der Waals surface area contributed by atoms with Gasteiger partial charge >= 0.3 is 0 Å². The van der Waals surface area contributed by atoms with Gasteiger partial charge in [0.25, 0.3) is 5.91 Å². The summed E-state index contributed by atoms with van der Waals surface area (Å²) >= 11 is 1.61. The van der Waals surface area contributed by atoms with Crippen molar-refractivity contribution < 1.29 is 4.79 Å². The third-order valence-corrected chi connectivity index (χ3v) is 3.99. The van der Waals surface area contributed by atoms with Crippen molar-refractivity contribution >= 4 is 27.5 Å². The average Bonchev–Trinajstić information content (AvgIpc) is 2.85. The van der Waals surface area contributed by atoms with Gasteiger partial charge in [-0.1, -0.05) is 30.3 Å². The second kappa shape index (κ2) is 5.43. The fourth-order valence-corrected chi connectivity index (χ4v) is 2.93. The SMILES string of the molecule is Cc1nc2ccc(C(=O)NCc3ccccc3)cc2s1. The molecule has 0 aliphatic rings. The van der Waals surface area contributed by atoms with E-state index < -0.39 is 0 Å². The lowest BCUT2D eigenvalue weighted by Crippen LogP contribution is -2.22. The molecule has 2 aromatic carbocycles. The summed E-state index contributed by atoms with van der Waals surface area (Å²) in [5.41, 5.74) is 2.72. The Balaban J connectivity index is 1.75. The highest BCUT2D eigenvalue weighted by Gasteiger charge is 2.08. The third-order valence-electron chi connectivity index (χ3n) is 3.05. The van der Waals surface area contributed by atoms with Crippen LogP contribution in [-0.2, 0) is 6.54 Å². The van der Waals surface area contributed by atoms with Crippen molar-refractivity contribution in [1.29, 1.82) is 0 Å². The van der Waals surface area contributed by atoms with Crippen molar-refractivity contribution in [1.82, 2.24) is 10.3 Å². The molecule has 0 fully saturated rings. The van der Waals surface area contributed by atoms with Crippen LogP contribution >= 0.6 is 11.3 Å². The second-order valence-electron chi connectivity index (χ2n) is 4.58. The zero-order chi connectivity index (χ0) is 13.9. The summed E-state index contributed by atoms with van der Waals surface area (Å²) < 4.78 is 1.05. The summed E-state index contributed by atoms with van der Waals surface area (Å²) in [5, 5.41) is 3.95. The van der Waals surface area contributed by atoms with E-state index >= 15 is 0 Å². The molecule has 1 aromatic heterocycles. The molecular weight excluding hydrogens is 268 g/mol. The number of nitrogens with one attached hydrogen (secondary N) is 1. The molecule has 0 saturated carbocycles. The first-order valence-electron chi connectivity index (χ1n) is 6.42. The number of aromatic nitrogens is 1. The van der Waals surface area contributed by atoms with Crippen molar-refractivity contribution in [3.63, 3.8) is 0 Å². The van der Waals surface area contributed by atoms with Gasteiger partial charge in [0.05, 0.1) is 15.2 Å². The molecular formula is C16H14N2OS. The molecule has 0 saturated heterocycles. The van der Waals surface area contributed by atoms with E-state index in [1.54, 1.807) is 11.3 Å². The largest absolute Gasteiger partial charge is 0.348 e. The highest BCUT2D eigenvalue weighted by molar-refractivity contribution is 7.18. The minimum absolute atomic E-state index is 0.0539. The Morgan fingerprint density at radius 2 is 2.00 bits per heavy atom. The number of rotatable bonds is 3. The lowest BCUT2D eigenvalue weighted by atomic mass is 10.2. The summed E-state index contributed by atoms with van der Waals surface area (Å²) in [5.74, 6) is -0.0539. The van der Waals surface area contributed by atoms with Gasteiger partial charge in [-0.3, -0.25) is 4.79 Å². The Morgan fingerprint density at radius 3 is 2.80 bits per heavy atom. The number of aryl methyl sites for hydroxylation is 1. The molecule has 4 heteroatoms. The molecule has 3 aromatic rings. The Bertz CT molecular complexity index is 750. The quantitative estimate of drug-likeness (QED) is 0.798. The van der Waals surface area contributed by atoms with Crippen LogP contribution in [0.5, 0.6) is 0 Å². The van der Waals surface area contributed by atoms with E-state index in [-0.39, 0.29) is 5.91 Å². The minimum Gasteiger partial charge on any atom is -0.348 e. The van der Waals surface area contributed by atoms with Crippen LogP contribution in [0.2, 0.25) is 0 Å². The predicted octanol–water partition coefficient (Wildman–Crippen LogP) is 3.53. The fourth-order valence-electron chi connectivity index (χ4n) is 2.06. The van der Waals surface area contributed by atoms with E-state index in [1.165, 1.54) is 0 Å². The van der Waals surface area contributed by atoms with E-state index in [0.717, 1.165) is 20.8 Å². The fraction of sp³-hybridized carbons (Fsp3) is 0.125. The number of benzene rings is 2. The molecule has 0 bridgehead atoms. The van der Waals surface area contributed by atoms with E-state index in [0.29, 0.717) is 12.1 Å². The van der Waals surface area contributed by atoms with Crippen LogP contribution in [0.25, 0.3) is 10.2 Å². The highest BCUT2D eigenvalue weighted by atomic mass is 32.1. The van der Waals surface area contributed by atoms with Crippen molar-refractivity contribution in [2.45, 2.75) is 13.5 Å². The topological polar surface area (TPSA) is 42.0 Å². The first-order valence-corrected chi connectivity index (χ1v) is 7.23. The van der Waals surface area contributed by atoms with Crippen molar-refractivity contribution in [3.8, 4) is 0 Å². The number of thiazole rings is 1. The van der Waals surface area contributed by atoms with Crippen molar-refractivity contribution in [3.05, 3.63) is 64.7 Å². The standard InChI is InChI=1S/C16H14N2OS/c1-11-18-14-8-7-13(9-15(14)20-11)16(19)17-10-12-5-3-2-4-6-12/h2-9H,10H2,1H3,(H,17,19). The molecule has 0 aliphatic carbocycles. The maximum atomic E-state index is 12.1. The predicted molar refractivity (Wildman–Crippen MR) is 82.0 cm³/mol. The van der Waals surface area contributed by atoms with Crippen LogP contribution in [0.1, 0.15) is 20.9 Å². The lowest BCUT2D eigenvalue weighted by molar-refractivity contribution is 0.0951. The van der Waals surface area contributed by atoms with E-state index in [4.69, 9.17) is 0 Å². The Kier molecular flexibility index (Phi) is 3.48. The number of carbonyl (C=O) groups excluding carboxylic acids is 1. The van der Waals surface area contributed by atoms with E-state index in [1.807, 2.05) is 55.5 Å². The molecule has 1 amide bonds. The monoisotopic (exact) mass is 282 g/mol. The van der Waals surface area contributed by atoms with Gasteiger partial charge in [-0.05, 0) is 30.7 Å². The molecule has 1 heterocycles. The number of hydrogen-bond acceptors (Lipinski definition) is 3. The van der Waals surface area contributed by atoms with Crippen LogP contribution < -0.4 is 5.32 Å². The molecule has 3 rings (SSSR count). The molecule has 0 spiro atoms. The zero-order valence-corrected chi connectivity index (χ0v) is 11.9. The molecule has 0 aliphatic heterocycles. The number of nitrogens with zero attached hydrogens (tertiary/aromatic N) is 1. The Labute approximate surface area is 121 Å². The molecule has 1 N–H and O–H groups in total.